The number of benzene rings is 6. The van der Waals surface area contributed by atoms with Gasteiger partial charge < -0.3 is 9.31 Å². The van der Waals surface area contributed by atoms with Gasteiger partial charge in [0.15, 0.2) is 0 Å². The second kappa shape index (κ2) is 8.72. The summed E-state index contributed by atoms with van der Waals surface area (Å²) in [7, 11) is -0.418. The summed E-state index contributed by atoms with van der Waals surface area (Å²) in [4.78, 5) is 0. The number of hydrogen-bond donors (Lipinski definition) is 0. The van der Waals surface area contributed by atoms with Crippen molar-refractivity contribution >= 4 is 23.4 Å². The SMILES string of the molecule is CC1(C)c2ccccc2-c2c1c1c(c3ccccc23)-c2ccccc2C12c1ccccc1-c1cc(B3OC(C)(C)C(C)(C)O3)ccc12. The molecule has 1 saturated heterocycles. The van der Waals surface area contributed by atoms with Crippen molar-refractivity contribution in [1.29, 1.82) is 0 Å². The van der Waals surface area contributed by atoms with Crippen molar-refractivity contribution in [3.8, 4) is 33.4 Å². The molecule has 0 aromatic heterocycles. The Labute approximate surface area is 277 Å². The molecule has 10 rings (SSSR count). The molecule has 0 N–H and O–H groups in total. The van der Waals surface area contributed by atoms with Crippen molar-refractivity contribution in [2.45, 2.75) is 63.6 Å². The highest BCUT2D eigenvalue weighted by molar-refractivity contribution is 6.62. The van der Waals surface area contributed by atoms with Crippen molar-refractivity contribution < 1.29 is 9.31 Å². The largest absolute Gasteiger partial charge is 0.494 e. The first-order chi connectivity index (χ1) is 22.6. The molecule has 0 amide bonds. The predicted octanol–water partition coefficient (Wildman–Crippen LogP) is 9.79. The minimum Gasteiger partial charge on any atom is -0.399 e. The summed E-state index contributed by atoms with van der Waals surface area (Å²) in [6.45, 7) is 13.4. The van der Waals surface area contributed by atoms with Crippen LogP contribution in [-0.4, -0.2) is 18.3 Å². The summed E-state index contributed by atoms with van der Waals surface area (Å²) in [5.41, 5.74) is 16.0. The lowest BCUT2D eigenvalue weighted by Crippen LogP contribution is -2.41. The van der Waals surface area contributed by atoms with E-state index in [1.165, 1.54) is 77.5 Å². The van der Waals surface area contributed by atoms with E-state index in [1.54, 1.807) is 0 Å². The van der Waals surface area contributed by atoms with E-state index in [1.807, 2.05) is 0 Å². The summed E-state index contributed by atoms with van der Waals surface area (Å²) < 4.78 is 13.2. The molecule has 3 aliphatic carbocycles. The van der Waals surface area contributed by atoms with Crippen LogP contribution in [0.5, 0.6) is 0 Å². The standard InChI is InChI=1S/C44H37BO2/c1-41(2)33-20-12-10-18-30(33)37-28-16-7-8-17-29(28)38-31-19-11-14-22-35(31)44(40(38)39(37)41)34-21-13-9-15-27(34)32-25-26(23-24-36(32)44)45-46-42(3,4)43(5,6)47-45/h7-25H,1-6H3. The van der Waals surface area contributed by atoms with Crippen LogP contribution in [0.4, 0.5) is 0 Å². The van der Waals surface area contributed by atoms with E-state index in [4.69, 9.17) is 9.31 Å². The molecular formula is C44H37BO2. The lowest BCUT2D eigenvalue weighted by Gasteiger charge is -2.36. The molecule has 1 atom stereocenters. The Morgan fingerprint density at radius 2 is 0.915 bits per heavy atom. The van der Waals surface area contributed by atoms with Crippen LogP contribution in [0, 0.1) is 0 Å². The molecule has 0 saturated carbocycles. The van der Waals surface area contributed by atoms with Crippen molar-refractivity contribution in [3.05, 3.63) is 149 Å². The minimum atomic E-state index is -0.459. The van der Waals surface area contributed by atoms with Crippen LogP contribution in [0.1, 0.15) is 74.9 Å². The monoisotopic (exact) mass is 608 g/mol. The molecule has 3 heteroatoms. The van der Waals surface area contributed by atoms with Gasteiger partial charge in [-0.3, -0.25) is 0 Å². The van der Waals surface area contributed by atoms with Crippen LogP contribution in [0.3, 0.4) is 0 Å². The van der Waals surface area contributed by atoms with Gasteiger partial charge in [0, 0.05) is 5.41 Å². The molecule has 47 heavy (non-hydrogen) atoms. The third kappa shape index (κ3) is 3.16. The van der Waals surface area contributed by atoms with E-state index < -0.39 is 23.7 Å². The fraction of sp³-hybridized carbons (Fsp3) is 0.227. The maximum Gasteiger partial charge on any atom is 0.494 e. The van der Waals surface area contributed by atoms with Crippen LogP contribution in [0.2, 0.25) is 0 Å². The first kappa shape index (κ1) is 27.7. The molecule has 1 fully saturated rings. The zero-order valence-electron chi connectivity index (χ0n) is 27.9. The number of fused-ring (bicyclic) bond motifs is 17. The van der Waals surface area contributed by atoms with Gasteiger partial charge in [0.25, 0.3) is 0 Å². The molecule has 6 aromatic carbocycles. The predicted molar refractivity (Wildman–Crippen MR) is 194 cm³/mol. The Hall–Kier alpha value is -4.44. The highest BCUT2D eigenvalue weighted by Crippen LogP contribution is 2.68. The minimum absolute atomic E-state index is 0.185. The van der Waals surface area contributed by atoms with Crippen molar-refractivity contribution in [2.75, 3.05) is 0 Å². The average Bonchev–Trinajstić information content (AvgIpc) is 3.70. The smallest absolute Gasteiger partial charge is 0.399 e. The topological polar surface area (TPSA) is 18.5 Å². The molecule has 228 valence electrons. The van der Waals surface area contributed by atoms with Crippen molar-refractivity contribution in [2.24, 2.45) is 0 Å². The third-order valence-corrected chi connectivity index (χ3v) is 12.3. The van der Waals surface area contributed by atoms with E-state index in [9.17, 15) is 0 Å². The normalized spacial score (nSPS) is 21.4. The summed E-state index contributed by atoms with van der Waals surface area (Å²) in [6, 6.07) is 43.5. The second-order valence-electron chi connectivity index (χ2n) is 15.5. The molecule has 2 nitrogen and oxygen atoms in total. The van der Waals surface area contributed by atoms with Gasteiger partial charge in [0.05, 0.1) is 16.6 Å². The van der Waals surface area contributed by atoms with E-state index in [0.717, 1.165) is 5.46 Å². The summed E-state index contributed by atoms with van der Waals surface area (Å²) >= 11 is 0. The molecule has 6 aromatic rings. The Balaban J connectivity index is 1.35. The molecule has 1 heterocycles. The van der Waals surface area contributed by atoms with E-state index in [-0.39, 0.29) is 5.41 Å². The van der Waals surface area contributed by atoms with Crippen LogP contribution >= 0.6 is 0 Å². The van der Waals surface area contributed by atoms with Crippen LogP contribution in [-0.2, 0) is 20.1 Å². The molecule has 4 aliphatic rings. The summed E-state index contributed by atoms with van der Waals surface area (Å²) in [5.74, 6) is 0. The van der Waals surface area contributed by atoms with Gasteiger partial charge in [-0.05, 0) is 111 Å². The fourth-order valence-electron chi connectivity index (χ4n) is 9.53. The van der Waals surface area contributed by atoms with E-state index in [0.29, 0.717) is 0 Å². The highest BCUT2D eigenvalue weighted by atomic mass is 16.7. The Kier molecular flexibility index (Phi) is 5.13. The molecule has 1 spiro atoms. The number of hydrogen-bond acceptors (Lipinski definition) is 2. The molecule has 1 unspecified atom stereocenters. The maximum atomic E-state index is 6.58. The van der Waals surface area contributed by atoms with E-state index in [2.05, 4.69) is 157 Å². The van der Waals surface area contributed by atoms with Crippen LogP contribution in [0.15, 0.2) is 115 Å². The summed E-state index contributed by atoms with van der Waals surface area (Å²) in [6.07, 6.45) is 0. The first-order valence-corrected chi connectivity index (χ1v) is 17.0. The zero-order chi connectivity index (χ0) is 32.1. The zero-order valence-corrected chi connectivity index (χ0v) is 27.9. The number of rotatable bonds is 1. The Bertz CT molecular complexity index is 2350. The lowest BCUT2D eigenvalue weighted by atomic mass is 9.65. The molecule has 0 radical (unpaired) electrons. The first-order valence-electron chi connectivity index (χ1n) is 17.0. The fourth-order valence-corrected chi connectivity index (χ4v) is 9.53. The Morgan fingerprint density at radius 3 is 1.55 bits per heavy atom. The maximum absolute atomic E-state index is 6.58. The van der Waals surface area contributed by atoms with Gasteiger partial charge in [-0.1, -0.05) is 129 Å². The van der Waals surface area contributed by atoms with Crippen LogP contribution < -0.4 is 5.46 Å². The second-order valence-corrected chi connectivity index (χ2v) is 15.5. The summed E-state index contributed by atoms with van der Waals surface area (Å²) in [5, 5.41) is 2.67. The quantitative estimate of drug-likeness (QED) is 0.173. The van der Waals surface area contributed by atoms with Gasteiger partial charge in [-0.25, -0.2) is 0 Å². The van der Waals surface area contributed by atoms with Gasteiger partial charge in [-0.15, -0.1) is 0 Å². The molecule has 1 aliphatic heterocycles. The van der Waals surface area contributed by atoms with Gasteiger partial charge in [0.2, 0.25) is 0 Å². The van der Waals surface area contributed by atoms with Gasteiger partial charge in [-0.2, -0.15) is 0 Å². The molecular weight excluding hydrogens is 571 g/mol. The van der Waals surface area contributed by atoms with Crippen LogP contribution in [0.25, 0.3) is 44.2 Å². The Morgan fingerprint density at radius 1 is 0.447 bits per heavy atom. The average molecular weight is 609 g/mol. The van der Waals surface area contributed by atoms with Crippen molar-refractivity contribution in [3.63, 3.8) is 0 Å². The van der Waals surface area contributed by atoms with Gasteiger partial charge >= 0.3 is 7.12 Å². The highest BCUT2D eigenvalue weighted by Gasteiger charge is 2.57. The molecule has 0 bridgehead atoms. The van der Waals surface area contributed by atoms with Gasteiger partial charge in [0.1, 0.15) is 0 Å². The van der Waals surface area contributed by atoms with Crippen molar-refractivity contribution in [1.82, 2.24) is 0 Å². The van der Waals surface area contributed by atoms with E-state index >= 15 is 0 Å². The lowest BCUT2D eigenvalue weighted by molar-refractivity contribution is 0.00578. The third-order valence-electron chi connectivity index (χ3n) is 12.3.